The third-order valence-electron chi connectivity index (χ3n) is 5.27. The zero-order valence-corrected chi connectivity index (χ0v) is 24.0. The Morgan fingerprint density at radius 1 is 0.939 bits per heavy atom. The summed E-state index contributed by atoms with van der Waals surface area (Å²) in [7, 11) is -5.49. The van der Waals surface area contributed by atoms with E-state index < -0.39 is 17.6 Å². The highest BCUT2D eigenvalue weighted by Gasteiger charge is 2.46. The highest BCUT2D eigenvalue weighted by atomic mass is 32.2. The highest BCUT2D eigenvalue weighted by Crippen LogP contribution is 2.28. The van der Waals surface area contributed by atoms with Gasteiger partial charge in [0.25, 0.3) is 0 Å². The van der Waals surface area contributed by atoms with Crippen molar-refractivity contribution in [1.29, 1.82) is 0 Å². The first-order chi connectivity index (χ1) is 15.8. The Bertz CT molecular complexity index is 585. The van der Waals surface area contributed by atoms with Crippen LogP contribution in [0.25, 0.3) is 0 Å². The van der Waals surface area contributed by atoms with Gasteiger partial charge in [-0.05, 0) is 12.8 Å². The second-order valence-corrected chi connectivity index (χ2v) is 16.7. The fraction of sp³-hybridized carbons (Fsp3) is 0.905. The van der Waals surface area contributed by atoms with Gasteiger partial charge in [0, 0.05) is 87.9 Å². The molecular formula is C21H40O8S2Si2. The molecule has 0 aromatic heterocycles. The lowest BCUT2D eigenvalue weighted by Crippen LogP contribution is -2.53. The molecular weight excluding hydrogens is 501 g/mol. The van der Waals surface area contributed by atoms with Crippen LogP contribution in [-0.2, 0) is 36.1 Å². The van der Waals surface area contributed by atoms with Crippen LogP contribution in [-0.4, -0.2) is 79.5 Å². The smallest absolute Gasteiger partial charge is 0.373 e. The molecule has 192 valence electrons. The maximum absolute atomic E-state index is 11.2. The molecule has 2 rings (SSSR count). The van der Waals surface area contributed by atoms with E-state index in [1.54, 1.807) is 6.92 Å². The van der Waals surface area contributed by atoms with Crippen LogP contribution in [0.15, 0.2) is 0 Å². The van der Waals surface area contributed by atoms with Gasteiger partial charge < -0.3 is 26.6 Å². The van der Waals surface area contributed by atoms with E-state index in [1.165, 1.54) is 23.5 Å². The van der Waals surface area contributed by atoms with E-state index >= 15 is 0 Å². The average Bonchev–Trinajstić information content (AvgIpc) is 2.80. The Morgan fingerprint density at radius 2 is 1.39 bits per heavy atom. The summed E-state index contributed by atoms with van der Waals surface area (Å²) in [4.78, 5) is 21.8. The summed E-state index contributed by atoms with van der Waals surface area (Å²) in [6, 6.07) is 1.43. The Morgan fingerprint density at radius 3 is 1.82 bits per heavy atom. The van der Waals surface area contributed by atoms with Crippen molar-refractivity contribution < 1.29 is 36.1 Å². The summed E-state index contributed by atoms with van der Waals surface area (Å²) in [6.07, 6.45) is 1.65. The van der Waals surface area contributed by atoms with Crippen LogP contribution in [0.1, 0.15) is 40.5 Å². The maximum Gasteiger partial charge on any atom is 0.501 e. The summed E-state index contributed by atoms with van der Waals surface area (Å²) in [6.45, 7) is 11.4. The fourth-order valence-electron chi connectivity index (χ4n) is 3.37. The lowest BCUT2D eigenvalue weighted by atomic mass is 10.2. The molecule has 0 bridgehead atoms. The van der Waals surface area contributed by atoms with E-state index in [2.05, 4.69) is 20.8 Å². The van der Waals surface area contributed by atoms with E-state index in [1.807, 2.05) is 0 Å². The second kappa shape index (κ2) is 15.4. The topological polar surface area (TPSA) is 89.5 Å². The molecule has 0 amide bonds. The monoisotopic (exact) mass is 540 g/mol. The summed E-state index contributed by atoms with van der Waals surface area (Å²) >= 11 is 2.59. The first-order valence-electron chi connectivity index (χ1n) is 11.8. The first-order valence-corrected chi connectivity index (χ1v) is 17.7. The number of thioether (sulfide) groups is 2. The van der Waals surface area contributed by atoms with Crippen molar-refractivity contribution in [2.45, 2.75) is 52.6 Å². The quantitative estimate of drug-likeness (QED) is 0.173. The van der Waals surface area contributed by atoms with Gasteiger partial charge >= 0.3 is 17.6 Å². The van der Waals surface area contributed by atoms with E-state index in [4.69, 9.17) is 26.6 Å². The lowest BCUT2D eigenvalue weighted by Gasteiger charge is -2.38. The van der Waals surface area contributed by atoms with Crippen LogP contribution >= 0.6 is 23.5 Å². The molecule has 8 nitrogen and oxygen atoms in total. The van der Waals surface area contributed by atoms with Crippen LogP contribution < -0.4 is 0 Å². The molecule has 33 heavy (non-hydrogen) atoms. The Hall–Kier alpha value is 0.234. The molecule has 0 aromatic rings. The molecule has 2 heterocycles. The Kier molecular flexibility index (Phi) is 13.7. The standard InChI is InChI=1S/C21H40O8S2Si2/c1-18-11-24-32(25-12-18,9-5-7-30-17-22)26-13-19(2)14-27-33(10-6-8-31-21(4)23)28-15-20(3)16-29-33/h17-20H,5-16H2,1-4H3. The molecule has 2 fully saturated rings. The fourth-order valence-corrected chi connectivity index (χ4v) is 10.7. The number of hydrogen-bond acceptors (Lipinski definition) is 10. The van der Waals surface area contributed by atoms with Gasteiger partial charge in [-0.25, -0.2) is 0 Å². The zero-order valence-electron chi connectivity index (χ0n) is 20.4. The molecule has 12 heteroatoms. The van der Waals surface area contributed by atoms with Crippen molar-refractivity contribution in [1.82, 2.24) is 0 Å². The zero-order chi connectivity index (χ0) is 24.2. The minimum atomic E-state index is -2.75. The van der Waals surface area contributed by atoms with Crippen molar-refractivity contribution >= 4 is 51.9 Å². The van der Waals surface area contributed by atoms with Crippen LogP contribution in [0.5, 0.6) is 0 Å². The number of rotatable bonds is 15. The van der Waals surface area contributed by atoms with Crippen molar-refractivity contribution in [3.05, 3.63) is 0 Å². The van der Waals surface area contributed by atoms with Crippen LogP contribution in [0, 0.1) is 17.8 Å². The van der Waals surface area contributed by atoms with Gasteiger partial charge in [0.05, 0.1) is 0 Å². The minimum Gasteiger partial charge on any atom is -0.373 e. The maximum atomic E-state index is 11.2. The molecule has 0 saturated carbocycles. The summed E-state index contributed by atoms with van der Waals surface area (Å²) in [5.41, 5.74) is 0.869. The predicted molar refractivity (Wildman–Crippen MR) is 136 cm³/mol. The van der Waals surface area contributed by atoms with E-state index in [0.717, 1.165) is 30.0 Å². The molecule has 0 N–H and O–H groups in total. The van der Waals surface area contributed by atoms with Crippen molar-refractivity contribution in [3.63, 3.8) is 0 Å². The van der Waals surface area contributed by atoms with Gasteiger partial charge in [0.15, 0.2) is 10.7 Å². The van der Waals surface area contributed by atoms with Crippen LogP contribution in [0.4, 0.5) is 0 Å². The van der Waals surface area contributed by atoms with E-state index in [-0.39, 0.29) is 11.0 Å². The highest BCUT2D eigenvalue weighted by molar-refractivity contribution is 8.13. The van der Waals surface area contributed by atoms with Gasteiger partial charge in [-0.2, -0.15) is 0 Å². The van der Waals surface area contributed by atoms with Crippen molar-refractivity contribution in [2.24, 2.45) is 17.8 Å². The minimum absolute atomic E-state index is 0.118. The third kappa shape index (κ3) is 11.2. The van der Waals surface area contributed by atoms with E-state index in [9.17, 15) is 9.59 Å². The van der Waals surface area contributed by atoms with Gasteiger partial charge in [-0.1, -0.05) is 44.3 Å². The van der Waals surface area contributed by atoms with E-state index in [0.29, 0.717) is 63.6 Å². The van der Waals surface area contributed by atoms with Gasteiger partial charge in [0.1, 0.15) is 0 Å². The molecule has 0 aromatic carbocycles. The molecule has 0 aliphatic carbocycles. The molecule has 2 saturated heterocycles. The predicted octanol–water partition coefficient (Wildman–Crippen LogP) is 3.88. The van der Waals surface area contributed by atoms with Gasteiger partial charge in [-0.15, -0.1) is 0 Å². The van der Waals surface area contributed by atoms with Crippen molar-refractivity contribution in [2.75, 3.05) is 51.1 Å². The molecule has 0 spiro atoms. The van der Waals surface area contributed by atoms with Crippen molar-refractivity contribution in [3.8, 4) is 0 Å². The summed E-state index contributed by atoms with van der Waals surface area (Å²) in [5, 5.41) is 0.126. The Labute approximate surface area is 209 Å². The molecule has 1 atom stereocenters. The molecule has 1 unspecified atom stereocenters. The number of carbonyl (C=O) groups excluding carboxylic acids is 2. The lowest BCUT2D eigenvalue weighted by molar-refractivity contribution is -0.109. The van der Waals surface area contributed by atoms with Crippen LogP contribution in [0.3, 0.4) is 0 Å². The number of carbonyl (C=O) groups is 2. The molecule has 2 aliphatic rings. The summed E-state index contributed by atoms with van der Waals surface area (Å²) < 4.78 is 37.0. The third-order valence-corrected chi connectivity index (χ3v) is 12.4. The second-order valence-electron chi connectivity index (χ2n) is 9.06. The number of hydrogen-bond donors (Lipinski definition) is 0. The summed E-state index contributed by atoms with van der Waals surface area (Å²) in [5.74, 6) is 2.32. The van der Waals surface area contributed by atoms with Crippen LogP contribution in [0.2, 0.25) is 12.1 Å². The SMILES string of the molecule is CC(=O)SCCC[Si]1(OCC(C)CO[Si]2(CCCSC=O)OCC(C)CO2)OCC(C)CO1. The molecule has 2 aliphatic heterocycles. The molecule has 0 radical (unpaired) electrons. The van der Waals surface area contributed by atoms with Gasteiger partial charge in [-0.3, -0.25) is 9.59 Å². The first kappa shape index (κ1) is 29.5. The Balaban J connectivity index is 1.84. The van der Waals surface area contributed by atoms with Gasteiger partial charge in [0.2, 0.25) is 0 Å². The average molecular weight is 541 g/mol. The normalized spacial score (nSPS) is 31.3. The largest absolute Gasteiger partial charge is 0.501 e.